The number of nitrogens with one attached hydrogen (secondary N) is 2. The lowest BCUT2D eigenvalue weighted by Crippen LogP contribution is -2.72. The molecule has 6 saturated heterocycles. The molecule has 53 nitrogen and oxygen atoms in total. The molecule has 6 fully saturated rings. The van der Waals surface area contributed by atoms with Crippen LogP contribution in [-0.2, 0) is 118 Å². The van der Waals surface area contributed by atoms with Crippen LogP contribution in [0.1, 0.15) is 51.4 Å². The van der Waals surface area contributed by atoms with E-state index >= 15 is 0 Å². The second-order valence-electron chi connectivity index (χ2n) is 25.6. The highest BCUT2D eigenvalue weighted by atomic mass is 31.2. The van der Waals surface area contributed by atoms with Crippen LogP contribution in [-0.4, -0.2) is 388 Å². The number of aliphatic carboxylic acids is 4. The van der Waals surface area contributed by atoms with Gasteiger partial charge in [-0.15, -0.1) is 0 Å². The fourth-order valence-electron chi connectivity index (χ4n) is 12.5. The molecule has 6 rings (SSSR count). The molecular weight excluding hydrogens is 1580 g/mol. The molecule has 20 N–H and O–H groups in total. The topological polar surface area (TPSA) is 882 Å². The number of hydrogen-bond acceptors (Lipinski definition) is 51. The van der Waals surface area contributed by atoms with Crippen LogP contribution in [0.3, 0.4) is 0 Å². The van der Waals surface area contributed by atoms with Gasteiger partial charge in [0.2, 0.25) is 35.0 Å². The van der Waals surface area contributed by atoms with E-state index in [1.165, 1.54) is 0 Å². The molecule has 111 heavy (non-hydrogen) atoms. The molecular formula is C56H82N2O51P2-8. The number of hydrogen-bond donors (Lipinski definition) is 20. The molecule has 0 unspecified atom stereocenters. The molecule has 640 valence electrons. The Morgan fingerprint density at radius 2 is 0.802 bits per heavy atom. The number of carboxylic acid groups (broad SMARTS) is 4. The van der Waals surface area contributed by atoms with Crippen molar-refractivity contribution in [3.8, 4) is 0 Å². The van der Waals surface area contributed by atoms with Crippen molar-refractivity contribution in [2.45, 2.75) is 233 Å². The number of aliphatic hydroxyl groups excluding tert-OH is 18. The minimum atomic E-state index is -6.72. The number of carbonyl (C=O) groups is 8. The van der Waals surface area contributed by atoms with Gasteiger partial charge in [0.05, 0.1) is 119 Å². The predicted octanol–water partition coefficient (Wildman–Crippen LogP) is -23.5. The molecule has 30 atom stereocenters. The van der Waals surface area contributed by atoms with Crippen LogP contribution in [0.4, 0.5) is 0 Å². The zero-order valence-electron chi connectivity index (χ0n) is 57.2. The molecule has 0 aromatic rings. The smallest absolute Gasteiger partial charge is 0.308 e. The summed E-state index contributed by atoms with van der Waals surface area (Å²) < 4.78 is 106. The summed E-state index contributed by atoms with van der Waals surface area (Å²) in [5.74, 6) is -31.9. The van der Waals surface area contributed by atoms with Crippen molar-refractivity contribution in [1.82, 2.24) is 10.6 Å². The molecule has 0 aromatic heterocycles. The van der Waals surface area contributed by atoms with Crippen LogP contribution in [0.25, 0.3) is 0 Å². The van der Waals surface area contributed by atoms with E-state index < -0.39 is 363 Å². The van der Waals surface area contributed by atoms with Gasteiger partial charge in [0.25, 0.3) is 0 Å². The zero-order valence-corrected chi connectivity index (χ0v) is 58.9. The van der Waals surface area contributed by atoms with Crippen LogP contribution in [0.2, 0.25) is 0 Å². The van der Waals surface area contributed by atoms with E-state index in [9.17, 15) is 179 Å². The minimum absolute atomic E-state index is 0.813. The predicted molar refractivity (Wildman–Crippen MR) is 313 cm³/mol. The Balaban J connectivity index is 1.49. The van der Waals surface area contributed by atoms with E-state index in [-0.39, 0.29) is 0 Å². The lowest BCUT2D eigenvalue weighted by molar-refractivity contribution is -0.433. The Morgan fingerprint density at radius 1 is 0.432 bits per heavy atom. The summed E-state index contributed by atoms with van der Waals surface area (Å²) in [7, 11) is -13.1. The van der Waals surface area contributed by atoms with Gasteiger partial charge in [0, 0.05) is 38.5 Å². The first kappa shape index (κ1) is 94.7. The third-order valence-electron chi connectivity index (χ3n) is 17.8. The summed E-state index contributed by atoms with van der Waals surface area (Å²) in [4.78, 5) is 156. The fraction of sp³-hybridized carbons (Fsp3) is 0.857. The fourth-order valence-corrected chi connectivity index (χ4v) is 13.4. The molecule has 0 spiro atoms. The maximum atomic E-state index is 14.0. The average molecular weight is 1660 g/mol. The normalized spacial score (nSPS) is 38.0. The molecule has 6 aliphatic heterocycles. The van der Waals surface area contributed by atoms with Crippen molar-refractivity contribution < 1.29 is 250 Å². The number of ether oxygens (including phenoxy) is 13. The Hall–Kier alpha value is -5.18. The molecule has 2 amide bonds. The Bertz CT molecular complexity index is 3230. The quantitative estimate of drug-likeness (QED) is 0.0200. The van der Waals surface area contributed by atoms with Crippen LogP contribution in [0.5, 0.6) is 0 Å². The van der Waals surface area contributed by atoms with Gasteiger partial charge in [-0.1, -0.05) is 0 Å². The largest absolute Gasteiger partial charge is 0.790 e. The summed E-state index contributed by atoms with van der Waals surface area (Å²) in [5.41, 5.74) is 0. The van der Waals surface area contributed by atoms with Crippen LogP contribution < -0.4 is 50.6 Å². The van der Waals surface area contributed by atoms with Crippen molar-refractivity contribution in [2.75, 3.05) is 66.1 Å². The molecule has 0 aliphatic carbocycles. The SMILES string of the molecule is O=C(CCO)N[C@H]1[C@H](OC[C@H]2O[C@H](OP(=O)([O-])[O-])[C@H](NC(=O)CCO)[C@@H](OC(=O)CCO)[C@@H]2O)O[C@H](CO[C@]2(C(=O)[O-])C[C@@H](O[C@]3(C(=O)[O-])C[C@@H](O[C@]4(C(=O)[O-])C[C@@H](O)[C@@H](O)[C@@H]([C@H](O)CO)O4)[C@@H](O)[C@@H]([C@H](O)CO[C@]4(C(=O)[O-])C[C@@H](O)[C@@H](O)[C@@H]([C@H](O)CO)O4)O3)[C@@H](O)[C@@H]([C@H](O)CO)O2)[C@@H](OP(=O)([O-])[O-])[C@@H]1OC(=O)CCO. The number of phosphoric acid groups is 2. The molecule has 6 heterocycles. The van der Waals surface area contributed by atoms with Crippen molar-refractivity contribution in [3.63, 3.8) is 0 Å². The third kappa shape index (κ3) is 23.4. The summed E-state index contributed by atoms with van der Waals surface area (Å²) >= 11 is 0. The van der Waals surface area contributed by atoms with E-state index in [1.807, 2.05) is 5.32 Å². The summed E-state index contributed by atoms with van der Waals surface area (Å²) in [6, 6.07) is -4.72. The Labute approximate surface area is 622 Å². The average Bonchev–Trinajstić information content (AvgIpc) is 0.744. The Kier molecular flexibility index (Phi) is 34.2. The van der Waals surface area contributed by atoms with Crippen molar-refractivity contribution in [2.24, 2.45) is 0 Å². The second-order valence-corrected chi connectivity index (χ2v) is 27.8. The van der Waals surface area contributed by atoms with Gasteiger partial charge in [-0.05, 0) is 0 Å². The minimum Gasteiger partial charge on any atom is -0.790 e. The van der Waals surface area contributed by atoms with Crippen molar-refractivity contribution in [3.05, 3.63) is 0 Å². The van der Waals surface area contributed by atoms with Gasteiger partial charge in [-0.3, -0.25) is 19.2 Å². The van der Waals surface area contributed by atoms with Gasteiger partial charge >= 0.3 is 11.9 Å². The molecule has 0 saturated carbocycles. The summed E-state index contributed by atoms with van der Waals surface area (Å²) in [6.45, 7) is -13.6. The first-order valence-corrected chi connectivity index (χ1v) is 36.0. The van der Waals surface area contributed by atoms with Crippen molar-refractivity contribution >= 4 is 63.3 Å². The van der Waals surface area contributed by atoms with Gasteiger partial charge in [-0.25, -0.2) is 0 Å². The number of amides is 2. The first-order chi connectivity index (χ1) is 51.8. The number of esters is 2. The monoisotopic (exact) mass is 1660 g/mol. The number of phosphoric ester groups is 2. The highest BCUT2D eigenvalue weighted by Crippen LogP contribution is 2.46. The summed E-state index contributed by atoms with van der Waals surface area (Å²) in [5, 5.41) is 248. The standard InChI is InChI=1S/C56H90N2O51P2/c59-5-1-29(72)57-33-45(100-31(74)3-7-61)39(80)27(98-48(33)109-111(92,93)94)17-95-47-34(58-30(73)2-6-60)46(101-32(75)4-8-62)44(108-110(89,90)91)28(99-47)18-97-54(50(83)84)11-25(37(78)42(105-54)23(70)15-65)103-56(52(87)88)12-26(102-55(51(85)86)10-20(67)36(77)41(106-55)22(69)14-64)38(79)43(107-56)24(71)16-96-53(49(81)82)9-19(66)35(76)40(104-53)21(68)13-63/h19-28,33-48,59-71,76-80H,1-18H2,(H,57,72)(H,58,73)(H,81,82)(H,83,84)(H,85,86)(H,87,88)(H2,89,90,91)(H2,92,93,94)/p-8/t19-,20-,21-,22-,23-,24-,25-,26-,27-,28-,33-,34-,35-,36-,37-,38-,39-,40-,41-,42-,43-,44-,45-,46-,47-,48-,53-,54-,55-,56-/m1/s1. The molecule has 6 aliphatic rings. The third-order valence-corrected chi connectivity index (χ3v) is 18.8. The highest BCUT2D eigenvalue weighted by molar-refractivity contribution is 7.43. The van der Waals surface area contributed by atoms with E-state index in [2.05, 4.69) is 9.84 Å². The highest BCUT2D eigenvalue weighted by Gasteiger charge is 2.63. The lowest BCUT2D eigenvalue weighted by atomic mass is 9.88. The van der Waals surface area contributed by atoms with Gasteiger partial charge in [-0.2, -0.15) is 0 Å². The second kappa shape index (κ2) is 40.1. The Morgan fingerprint density at radius 3 is 1.23 bits per heavy atom. The number of carboxylic acids is 4. The molecule has 0 radical (unpaired) electrons. The van der Waals surface area contributed by atoms with E-state index in [0.717, 1.165) is 0 Å². The molecule has 55 heteroatoms. The maximum absolute atomic E-state index is 14.0. The first-order valence-electron chi connectivity index (χ1n) is 33.1. The number of rotatable bonds is 40. The van der Waals surface area contributed by atoms with Crippen molar-refractivity contribution in [1.29, 1.82) is 0 Å². The van der Waals surface area contributed by atoms with Crippen LogP contribution in [0, 0.1) is 0 Å². The maximum Gasteiger partial charge on any atom is 0.308 e. The molecule has 0 aromatic carbocycles. The van der Waals surface area contributed by atoms with E-state index in [0.29, 0.717) is 0 Å². The zero-order chi connectivity index (χ0) is 83.4. The van der Waals surface area contributed by atoms with E-state index in [4.69, 9.17) is 66.1 Å². The van der Waals surface area contributed by atoms with Crippen LogP contribution >= 0.6 is 15.6 Å². The number of carbonyl (C=O) groups excluding carboxylic acids is 8. The van der Waals surface area contributed by atoms with Gasteiger partial charge in [0.15, 0.2) is 24.8 Å². The number of aliphatic hydroxyl groups is 18. The van der Waals surface area contributed by atoms with Gasteiger partial charge < -0.3 is 241 Å². The lowest BCUT2D eigenvalue weighted by Gasteiger charge is -2.54. The summed E-state index contributed by atoms with van der Waals surface area (Å²) in [6.07, 6.45) is -73.5. The van der Waals surface area contributed by atoms with Crippen LogP contribution in [0.15, 0.2) is 0 Å². The molecule has 0 bridgehead atoms. The van der Waals surface area contributed by atoms with E-state index in [1.54, 1.807) is 0 Å². The van der Waals surface area contributed by atoms with Gasteiger partial charge in [0.1, 0.15) is 134 Å².